The molecule has 0 atom stereocenters. The maximum absolute atomic E-state index is 12.9. The Bertz CT molecular complexity index is 878. The van der Waals surface area contributed by atoms with Gasteiger partial charge in [-0.1, -0.05) is 41.1 Å². The van der Waals surface area contributed by atoms with Crippen LogP contribution in [0.1, 0.15) is 12.5 Å². The lowest BCUT2D eigenvalue weighted by molar-refractivity contribution is 0.271. The van der Waals surface area contributed by atoms with Crippen LogP contribution in [0.4, 0.5) is 11.4 Å². The summed E-state index contributed by atoms with van der Waals surface area (Å²) in [6.07, 6.45) is 0. The molecule has 3 rings (SSSR count). The van der Waals surface area contributed by atoms with Crippen LogP contribution < -0.4 is 9.62 Å². The van der Waals surface area contributed by atoms with Gasteiger partial charge in [0.05, 0.1) is 16.3 Å². The summed E-state index contributed by atoms with van der Waals surface area (Å²) in [6, 6.07) is 12.9. The molecule has 140 valence electrons. The number of para-hydroxylation sites is 2. The van der Waals surface area contributed by atoms with Gasteiger partial charge in [0.1, 0.15) is 0 Å². The first-order valence-corrected chi connectivity index (χ1v) is 11.0. The van der Waals surface area contributed by atoms with Crippen LogP contribution in [0.5, 0.6) is 0 Å². The summed E-state index contributed by atoms with van der Waals surface area (Å²) in [7, 11) is -3.66. The first-order valence-electron chi connectivity index (χ1n) is 8.76. The molecule has 7 heteroatoms. The second-order valence-electron chi connectivity index (χ2n) is 6.45. The number of aryl methyl sites for hydroxylation is 1. The topological polar surface area (TPSA) is 52.6 Å². The van der Waals surface area contributed by atoms with Crippen LogP contribution >= 0.6 is 15.9 Å². The highest BCUT2D eigenvalue weighted by Gasteiger charge is 2.22. The lowest BCUT2D eigenvalue weighted by Crippen LogP contribution is -2.46. The van der Waals surface area contributed by atoms with Crippen molar-refractivity contribution in [2.45, 2.75) is 18.7 Å². The first-order chi connectivity index (χ1) is 12.4. The third kappa shape index (κ3) is 4.22. The number of hydrogen-bond acceptors (Lipinski definition) is 4. The average Bonchev–Trinajstić information content (AvgIpc) is 2.64. The standard InChI is InChI=1S/C19H24BrN3O2S/c1-3-22-10-12-23(13-11-22)18-7-5-4-6-17(18)21-26(24,25)19-14-16(20)9-8-15(19)2/h4-9,14,21H,3,10-13H2,1-2H3. The molecule has 26 heavy (non-hydrogen) atoms. The molecule has 1 aliphatic heterocycles. The summed E-state index contributed by atoms with van der Waals surface area (Å²) >= 11 is 3.36. The van der Waals surface area contributed by atoms with Gasteiger partial charge in [-0.15, -0.1) is 0 Å². The molecule has 0 radical (unpaired) electrons. The zero-order valence-corrected chi connectivity index (χ0v) is 17.5. The molecule has 2 aromatic carbocycles. The smallest absolute Gasteiger partial charge is 0.262 e. The Kier molecular flexibility index (Phi) is 5.89. The van der Waals surface area contributed by atoms with E-state index in [1.54, 1.807) is 19.1 Å². The van der Waals surface area contributed by atoms with Gasteiger partial charge in [-0.2, -0.15) is 0 Å². The number of rotatable bonds is 5. The van der Waals surface area contributed by atoms with Crippen molar-refractivity contribution in [2.75, 3.05) is 42.3 Å². The van der Waals surface area contributed by atoms with Crippen LogP contribution in [0.2, 0.25) is 0 Å². The van der Waals surface area contributed by atoms with Crippen molar-refractivity contribution in [1.82, 2.24) is 4.90 Å². The zero-order valence-electron chi connectivity index (χ0n) is 15.1. The highest BCUT2D eigenvalue weighted by atomic mass is 79.9. The molecule has 1 saturated heterocycles. The molecule has 2 aromatic rings. The molecule has 5 nitrogen and oxygen atoms in total. The van der Waals surface area contributed by atoms with E-state index in [0.717, 1.165) is 48.4 Å². The fourth-order valence-corrected chi connectivity index (χ4v) is 5.06. The SMILES string of the molecule is CCN1CCN(c2ccccc2NS(=O)(=O)c2cc(Br)ccc2C)CC1. The minimum atomic E-state index is -3.66. The predicted octanol–water partition coefficient (Wildman–Crippen LogP) is 3.70. The van der Waals surface area contributed by atoms with Crippen molar-refractivity contribution < 1.29 is 8.42 Å². The number of halogens is 1. The lowest BCUT2D eigenvalue weighted by atomic mass is 10.2. The number of piperazine rings is 1. The second-order valence-corrected chi connectivity index (χ2v) is 9.02. The molecule has 0 saturated carbocycles. The fourth-order valence-electron chi connectivity index (χ4n) is 3.20. The molecule has 0 unspecified atom stereocenters. The van der Waals surface area contributed by atoms with Gasteiger partial charge >= 0.3 is 0 Å². The Morgan fingerprint density at radius 2 is 1.77 bits per heavy atom. The maximum atomic E-state index is 12.9. The molecular weight excluding hydrogens is 414 g/mol. The summed E-state index contributed by atoms with van der Waals surface area (Å²) in [5.41, 5.74) is 2.27. The molecule has 0 spiro atoms. The van der Waals surface area contributed by atoms with Crippen molar-refractivity contribution in [3.8, 4) is 0 Å². The highest BCUT2D eigenvalue weighted by molar-refractivity contribution is 9.10. The van der Waals surface area contributed by atoms with Gasteiger partial charge in [-0.05, 0) is 43.3 Å². The van der Waals surface area contributed by atoms with E-state index in [0.29, 0.717) is 5.69 Å². The van der Waals surface area contributed by atoms with Crippen molar-refractivity contribution in [1.29, 1.82) is 0 Å². The number of sulfonamides is 1. The third-order valence-corrected chi connectivity index (χ3v) is 6.75. The Morgan fingerprint density at radius 3 is 2.46 bits per heavy atom. The number of benzene rings is 2. The zero-order chi connectivity index (χ0) is 18.7. The maximum Gasteiger partial charge on any atom is 0.262 e. The van der Waals surface area contributed by atoms with Crippen LogP contribution in [0.3, 0.4) is 0 Å². The number of anilines is 2. The second kappa shape index (κ2) is 7.98. The number of likely N-dealkylation sites (N-methyl/N-ethyl adjacent to an activating group) is 1. The largest absolute Gasteiger partial charge is 0.367 e. The van der Waals surface area contributed by atoms with Crippen molar-refractivity contribution in [3.05, 3.63) is 52.5 Å². The third-order valence-electron chi connectivity index (χ3n) is 4.75. The lowest BCUT2D eigenvalue weighted by Gasteiger charge is -2.36. The molecule has 1 heterocycles. The number of nitrogens with zero attached hydrogens (tertiary/aromatic N) is 2. The van der Waals surface area contributed by atoms with Crippen LogP contribution in [0, 0.1) is 6.92 Å². The van der Waals surface area contributed by atoms with Gasteiger partial charge in [0, 0.05) is 30.7 Å². The van der Waals surface area contributed by atoms with Gasteiger partial charge in [0.15, 0.2) is 0 Å². The van der Waals surface area contributed by atoms with E-state index in [1.807, 2.05) is 30.3 Å². The fraction of sp³-hybridized carbons (Fsp3) is 0.368. The quantitative estimate of drug-likeness (QED) is 0.774. The van der Waals surface area contributed by atoms with E-state index < -0.39 is 10.0 Å². The van der Waals surface area contributed by atoms with Crippen molar-refractivity contribution in [2.24, 2.45) is 0 Å². The minimum Gasteiger partial charge on any atom is -0.367 e. The van der Waals surface area contributed by atoms with E-state index in [4.69, 9.17) is 0 Å². The molecule has 1 aliphatic rings. The van der Waals surface area contributed by atoms with E-state index in [1.165, 1.54) is 0 Å². The number of hydrogen-bond donors (Lipinski definition) is 1. The molecule has 0 amide bonds. The molecule has 0 bridgehead atoms. The van der Waals surface area contributed by atoms with E-state index in [-0.39, 0.29) is 4.90 Å². The van der Waals surface area contributed by atoms with Gasteiger partial charge in [-0.3, -0.25) is 4.72 Å². The van der Waals surface area contributed by atoms with Crippen LogP contribution in [-0.4, -0.2) is 46.0 Å². The molecule has 0 aliphatic carbocycles. The molecule has 0 aromatic heterocycles. The Balaban J connectivity index is 1.88. The Labute approximate surface area is 164 Å². The van der Waals surface area contributed by atoms with E-state index >= 15 is 0 Å². The summed E-state index contributed by atoms with van der Waals surface area (Å²) in [5.74, 6) is 0. The van der Waals surface area contributed by atoms with Gasteiger partial charge < -0.3 is 9.80 Å². The Hall–Kier alpha value is -1.57. The monoisotopic (exact) mass is 437 g/mol. The Morgan fingerprint density at radius 1 is 1.08 bits per heavy atom. The van der Waals surface area contributed by atoms with Gasteiger partial charge in [0.2, 0.25) is 0 Å². The van der Waals surface area contributed by atoms with Gasteiger partial charge in [0.25, 0.3) is 10.0 Å². The van der Waals surface area contributed by atoms with E-state index in [9.17, 15) is 8.42 Å². The van der Waals surface area contributed by atoms with Crippen molar-refractivity contribution in [3.63, 3.8) is 0 Å². The molecule has 1 N–H and O–H groups in total. The summed E-state index contributed by atoms with van der Waals surface area (Å²) in [4.78, 5) is 4.93. The summed E-state index contributed by atoms with van der Waals surface area (Å²) in [6.45, 7) is 8.77. The summed E-state index contributed by atoms with van der Waals surface area (Å²) < 4.78 is 29.4. The molecule has 1 fully saturated rings. The predicted molar refractivity (Wildman–Crippen MR) is 110 cm³/mol. The van der Waals surface area contributed by atoms with Crippen LogP contribution in [0.15, 0.2) is 51.8 Å². The highest BCUT2D eigenvalue weighted by Crippen LogP contribution is 2.30. The van der Waals surface area contributed by atoms with Crippen molar-refractivity contribution >= 4 is 37.3 Å². The normalized spacial score (nSPS) is 15.9. The van der Waals surface area contributed by atoms with Crippen LogP contribution in [0.25, 0.3) is 0 Å². The van der Waals surface area contributed by atoms with Gasteiger partial charge in [-0.25, -0.2) is 8.42 Å². The van der Waals surface area contributed by atoms with E-state index in [2.05, 4.69) is 37.4 Å². The summed E-state index contributed by atoms with van der Waals surface area (Å²) in [5, 5.41) is 0. The number of nitrogens with one attached hydrogen (secondary N) is 1. The average molecular weight is 438 g/mol. The minimum absolute atomic E-state index is 0.289. The van der Waals surface area contributed by atoms with Crippen LogP contribution in [-0.2, 0) is 10.0 Å². The first kappa shape index (κ1) is 19.2. The molecular formula is C19H24BrN3O2S.